The van der Waals surface area contributed by atoms with E-state index in [0.29, 0.717) is 5.56 Å². The van der Waals surface area contributed by atoms with E-state index in [1.807, 2.05) is 72.8 Å². The Kier molecular flexibility index (Phi) is 13.3. The number of ketones is 1. The van der Waals surface area contributed by atoms with E-state index in [4.69, 9.17) is 0 Å². The summed E-state index contributed by atoms with van der Waals surface area (Å²) in [5.74, 6) is 0.0584. The third kappa shape index (κ3) is 8.58. The molecule has 0 saturated carbocycles. The van der Waals surface area contributed by atoms with Gasteiger partial charge in [-0.3, -0.25) is 4.79 Å². The van der Waals surface area contributed by atoms with Crippen LogP contribution >= 0.6 is 47.8 Å². The quantitative estimate of drug-likeness (QED) is 0.157. The Balaban J connectivity index is 0.000000152. The minimum absolute atomic E-state index is 0. The average molecular weight is 908 g/mol. The molecule has 0 aromatic heterocycles. The van der Waals surface area contributed by atoms with Crippen LogP contribution in [0.3, 0.4) is 0 Å². The van der Waals surface area contributed by atoms with Crippen molar-refractivity contribution >= 4 is 53.6 Å². The van der Waals surface area contributed by atoms with E-state index in [1.165, 1.54) is 44.5 Å². The molecule has 4 heteroatoms. The lowest BCUT2D eigenvalue weighted by atomic mass is 9.68. The van der Waals surface area contributed by atoms with Crippen LogP contribution in [0.4, 0.5) is 0 Å². The van der Waals surface area contributed by atoms with E-state index in [-0.39, 0.29) is 18.6 Å². The summed E-state index contributed by atoms with van der Waals surface area (Å²) in [6.45, 7) is 0. The molecule has 0 spiro atoms. The molecule has 1 aliphatic carbocycles. The van der Waals surface area contributed by atoms with Crippen LogP contribution in [0, 0.1) is 0 Å². The van der Waals surface area contributed by atoms with Crippen LogP contribution in [0.15, 0.2) is 226 Å². The van der Waals surface area contributed by atoms with Crippen LogP contribution < -0.4 is 0 Å². The molecule has 0 saturated heterocycles. The van der Waals surface area contributed by atoms with Crippen molar-refractivity contribution in [3.63, 3.8) is 0 Å². The van der Waals surface area contributed by atoms with Gasteiger partial charge < -0.3 is 0 Å². The number of hydrogen-bond donors (Lipinski definition) is 0. The van der Waals surface area contributed by atoms with Gasteiger partial charge in [0.1, 0.15) is 0 Å². The van der Waals surface area contributed by atoms with Crippen molar-refractivity contribution in [2.24, 2.45) is 0 Å². The molecular weight excluding hydrogens is 868 g/mol. The van der Waals surface area contributed by atoms with Gasteiger partial charge >= 0.3 is 0 Å². The SMILES string of the molecule is Brc1ccc(C2(c3ccccc3)c3ccccc3-c3ccccc32)cc1.Brc1ccccc1-c1ccccc1.C.O=C(c1ccccc1)c1ccc(Br)cc1. The van der Waals surface area contributed by atoms with Crippen LogP contribution in [-0.2, 0) is 5.41 Å². The lowest BCUT2D eigenvalue weighted by molar-refractivity contribution is 0.103. The highest BCUT2D eigenvalue weighted by molar-refractivity contribution is 9.11. The minimum atomic E-state index is -0.283. The lowest BCUT2D eigenvalue weighted by Gasteiger charge is -2.33. The number of carbonyl (C=O) groups excluding carboxylic acids is 1. The molecule has 0 unspecified atom stereocenters. The molecule has 0 atom stereocenters. The second-order valence-corrected chi connectivity index (χ2v) is 15.4. The topological polar surface area (TPSA) is 17.1 Å². The first-order valence-corrected chi connectivity index (χ1v) is 20.0. The Bertz CT molecular complexity index is 2420. The first-order valence-electron chi connectivity index (χ1n) is 17.6. The fraction of sp³-hybridized carbons (Fsp3) is 0.0392. The number of carbonyl (C=O) groups is 1. The summed E-state index contributed by atoms with van der Waals surface area (Å²) in [7, 11) is 0. The number of halogens is 3. The maximum Gasteiger partial charge on any atom is 0.193 e. The standard InChI is InChI=1S/C25H17Br.C13H9BrO.C12H9Br.CH4/c26-20-16-14-19(15-17-20)25(18-8-2-1-3-9-18)23-12-6-4-10-21(23)22-11-5-7-13-24(22)25;14-12-8-6-11(7-9-12)13(15)10-4-2-1-3-5-10;13-12-9-5-4-8-11(12)10-6-2-1-3-7-10;/h1-17H;1-9H;1-9H;1H4. The maximum absolute atomic E-state index is 11.9. The molecule has 9 rings (SSSR count). The van der Waals surface area contributed by atoms with Gasteiger partial charge in [0, 0.05) is 24.5 Å². The highest BCUT2D eigenvalue weighted by Crippen LogP contribution is 2.55. The van der Waals surface area contributed by atoms with Crippen molar-refractivity contribution < 1.29 is 4.79 Å². The van der Waals surface area contributed by atoms with Gasteiger partial charge in [0.25, 0.3) is 0 Å². The van der Waals surface area contributed by atoms with E-state index in [1.54, 1.807) is 0 Å². The summed E-state index contributed by atoms with van der Waals surface area (Å²) in [5.41, 5.74) is 11.6. The third-order valence-corrected chi connectivity index (χ3v) is 11.3. The molecule has 8 aromatic carbocycles. The molecule has 8 aromatic rings. The molecule has 1 aliphatic rings. The highest BCUT2D eigenvalue weighted by Gasteiger charge is 2.45. The van der Waals surface area contributed by atoms with Gasteiger partial charge in [-0.15, -0.1) is 0 Å². The van der Waals surface area contributed by atoms with Crippen molar-refractivity contribution in [3.05, 3.63) is 259 Å². The molecule has 0 heterocycles. The Morgan fingerprint density at radius 3 is 1.27 bits per heavy atom. The largest absolute Gasteiger partial charge is 0.289 e. The van der Waals surface area contributed by atoms with E-state index >= 15 is 0 Å². The van der Waals surface area contributed by atoms with E-state index in [0.717, 1.165) is 19.0 Å². The smallest absolute Gasteiger partial charge is 0.193 e. The molecule has 0 radical (unpaired) electrons. The molecule has 270 valence electrons. The van der Waals surface area contributed by atoms with Crippen LogP contribution in [0.2, 0.25) is 0 Å². The summed E-state index contributed by atoms with van der Waals surface area (Å²) in [5, 5.41) is 0. The zero-order chi connectivity index (χ0) is 37.3. The minimum Gasteiger partial charge on any atom is -0.289 e. The Morgan fingerprint density at radius 1 is 0.364 bits per heavy atom. The van der Waals surface area contributed by atoms with Crippen molar-refractivity contribution in [1.29, 1.82) is 0 Å². The summed E-state index contributed by atoms with van der Waals surface area (Å²) < 4.78 is 3.22. The normalized spacial score (nSPS) is 11.6. The fourth-order valence-electron chi connectivity index (χ4n) is 7.08. The predicted molar refractivity (Wildman–Crippen MR) is 242 cm³/mol. The van der Waals surface area contributed by atoms with Crippen LogP contribution in [0.5, 0.6) is 0 Å². The molecule has 1 nitrogen and oxygen atoms in total. The van der Waals surface area contributed by atoms with E-state index in [2.05, 4.69) is 187 Å². The molecular formula is C51H39Br3O. The third-order valence-electron chi connectivity index (χ3n) is 9.54. The number of hydrogen-bond acceptors (Lipinski definition) is 1. The first-order chi connectivity index (χ1) is 26.5. The van der Waals surface area contributed by atoms with E-state index in [9.17, 15) is 4.79 Å². The summed E-state index contributed by atoms with van der Waals surface area (Å²) in [6.07, 6.45) is 0. The van der Waals surface area contributed by atoms with E-state index < -0.39 is 0 Å². The van der Waals surface area contributed by atoms with Crippen molar-refractivity contribution in [2.75, 3.05) is 0 Å². The van der Waals surface area contributed by atoms with Crippen molar-refractivity contribution in [3.8, 4) is 22.3 Å². The van der Waals surface area contributed by atoms with Crippen LogP contribution in [-0.4, -0.2) is 5.78 Å². The predicted octanol–water partition coefficient (Wildman–Crippen LogP) is 15.2. The summed E-state index contributed by atoms with van der Waals surface area (Å²) in [6, 6.07) is 72.5. The zero-order valence-electron chi connectivity index (χ0n) is 29.2. The van der Waals surface area contributed by atoms with Crippen LogP contribution in [0.1, 0.15) is 45.6 Å². The molecule has 0 aliphatic heterocycles. The molecule has 0 bridgehead atoms. The van der Waals surface area contributed by atoms with Gasteiger partial charge in [0.15, 0.2) is 5.78 Å². The van der Waals surface area contributed by atoms with Gasteiger partial charge in [-0.05, 0) is 87.0 Å². The average Bonchev–Trinajstić information content (AvgIpc) is 3.54. The number of rotatable bonds is 5. The van der Waals surface area contributed by atoms with Crippen molar-refractivity contribution in [2.45, 2.75) is 12.8 Å². The van der Waals surface area contributed by atoms with Gasteiger partial charge in [-0.2, -0.15) is 0 Å². The summed E-state index contributed by atoms with van der Waals surface area (Å²) >= 11 is 10.5. The second-order valence-electron chi connectivity index (χ2n) is 12.8. The first kappa shape index (κ1) is 39.6. The van der Waals surface area contributed by atoms with Gasteiger partial charge in [-0.25, -0.2) is 0 Å². The van der Waals surface area contributed by atoms with Gasteiger partial charge in [-0.1, -0.05) is 225 Å². The Hall–Kier alpha value is -5.13. The lowest BCUT2D eigenvalue weighted by Crippen LogP contribution is -2.28. The van der Waals surface area contributed by atoms with Gasteiger partial charge in [0.2, 0.25) is 0 Å². The second kappa shape index (κ2) is 18.5. The van der Waals surface area contributed by atoms with Crippen molar-refractivity contribution in [1.82, 2.24) is 0 Å². The van der Waals surface area contributed by atoms with Gasteiger partial charge in [0.05, 0.1) is 5.41 Å². The molecule has 0 N–H and O–H groups in total. The summed E-state index contributed by atoms with van der Waals surface area (Å²) in [4.78, 5) is 11.9. The number of fused-ring (bicyclic) bond motifs is 3. The number of benzene rings is 8. The highest BCUT2D eigenvalue weighted by atomic mass is 79.9. The fourth-order valence-corrected chi connectivity index (χ4v) is 8.12. The monoisotopic (exact) mass is 904 g/mol. The Labute approximate surface area is 350 Å². The Morgan fingerprint density at radius 2 is 0.745 bits per heavy atom. The molecule has 55 heavy (non-hydrogen) atoms. The van der Waals surface area contributed by atoms with Crippen LogP contribution in [0.25, 0.3) is 22.3 Å². The molecule has 0 fully saturated rings. The maximum atomic E-state index is 11.9. The molecule has 0 amide bonds. The zero-order valence-corrected chi connectivity index (χ0v) is 34.0.